The molecule has 0 aliphatic rings. The molecule has 4 nitrogen and oxygen atoms in total. The highest BCUT2D eigenvalue weighted by Crippen LogP contribution is 2.25. The Balaban J connectivity index is 1.98. The predicted octanol–water partition coefficient (Wildman–Crippen LogP) is 4.49. The fraction of sp³-hybridized carbons (Fsp3) is 0.375. The Morgan fingerprint density at radius 1 is 1.30 bits per heavy atom. The van der Waals surface area contributed by atoms with E-state index in [0.29, 0.717) is 16.6 Å². The second-order valence-electron chi connectivity index (χ2n) is 5.21. The van der Waals surface area contributed by atoms with Gasteiger partial charge in [0.25, 0.3) is 0 Å². The van der Waals surface area contributed by atoms with E-state index in [1.807, 2.05) is 26.0 Å². The average molecular weight is 371 g/mol. The minimum absolute atomic E-state index is 0.0558. The van der Waals surface area contributed by atoms with Crippen LogP contribution in [0, 0.1) is 13.8 Å². The van der Waals surface area contributed by atoms with Crippen molar-refractivity contribution < 1.29 is 0 Å². The fourth-order valence-corrected chi connectivity index (χ4v) is 3.35. The first-order valence-electron chi connectivity index (χ1n) is 7.25. The summed E-state index contributed by atoms with van der Waals surface area (Å²) in [4.78, 5) is 9.91. The lowest BCUT2D eigenvalue weighted by molar-refractivity contribution is 0.686. The van der Waals surface area contributed by atoms with E-state index in [1.54, 1.807) is 24.5 Å². The zero-order chi connectivity index (χ0) is 17.0. The summed E-state index contributed by atoms with van der Waals surface area (Å²) in [5.74, 6) is 0.731. The number of aryl methyl sites for hydroxylation is 2. The molecule has 1 heterocycles. The van der Waals surface area contributed by atoms with Gasteiger partial charge in [-0.2, -0.15) is 0 Å². The standard InChI is InChI=1S/C16H20Cl2N4S/c1-9(12-5-6-13(17)14(18)7-12)22-16(19-4)20-8-15-10(2)21-11(3)23-15/h5-7,9H,8H2,1-4H3,(H2,19,20,22). The number of halogens is 2. The van der Waals surface area contributed by atoms with Gasteiger partial charge in [0, 0.05) is 11.9 Å². The smallest absolute Gasteiger partial charge is 0.191 e. The van der Waals surface area contributed by atoms with Crippen LogP contribution in [0.2, 0.25) is 10.0 Å². The molecule has 1 aromatic carbocycles. The van der Waals surface area contributed by atoms with Gasteiger partial charge in [0.15, 0.2) is 5.96 Å². The molecule has 0 aliphatic carbocycles. The highest BCUT2D eigenvalue weighted by atomic mass is 35.5. The van der Waals surface area contributed by atoms with E-state index in [4.69, 9.17) is 23.2 Å². The van der Waals surface area contributed by atoms with Crippen molar-refractivity contribution >= 4 is 40.5 Å². The van der Waals surface area contributed by atoms with Crippen LogP contribution in [0.15, 0.2) is 23.2 Å². The van der Waals surface area contributed by atoms with Gasteiger partial charge in [-0.1, -0.05) is 29.3 Å². The Kier molecular flexibility index (Phi) is 6.27. The molecule has 0 bridgehead atoms. The van der Waals surface area contributed by atoms with E-state index in [9.17, 15) is 0 Å². The molecule has 0 saturated carbocycles. The third-order valence-corrected chi connectivity index (χ3v) is 5.25. The number of thiazole rings is 1. The van der Waals surface area contributed by atoms with Crippen LogP contribution in [0.4, 0.5) is 0 Å². The van der Waals surface area contributed by atoms with Crippen LogP contribution < -0.4 is 10.6 Å². The minimum Gasteiger partial charge on any atom is -0.351 e. The van der Waals surface area contributed by atoms with Gasteiger partial charge in [0.2, 0.25) is 0 Å². The molecular weight excluding hydrogens is 351 g/mol. The topological polar surface area (TPSA) is 49.3 Å². The molecule has 1 aromatic heterocycles. The molecule has 0 fully saturated rings. The van der Waals surface area contributed by atoms with Gasteiger partial charge in [0.05, 0.1) is 33.3 Å². The monoisotopic (exact) mass is 370 g/mol. The first-order valence-corrected chi connectivity index (χ1v) is 8.83. The normalized spacial score (nSPS) is 13.0. The Bertz CT molecular complexity index is 712. The van der Waals surface area contributed by atoms with Gasteiger partial charge < -0.3 is 10.6 Å². The summed E-state index contributed by atoms with van der Waals surface area (Å²) in [6.45, 7) is 6.79. The predicted molar refractivity (Wildman–Crippen MR) is 99.8 cm³/mol. The summed E-state index contributed by atoms with van der Waals surface area (Å²) in [7, 11) is 1.75. The van der Waals surface area contributed by atoms with Gasteiger partial charge in [-0.05, 0) is 38.5 Å². The summed E-state index contributed by atoms with van der Waals surface area (Å²) < 4.78 is 0. The maximum atomic E-state index is 6.08. The minimum atomic E-state index is 0.0558. The van der Waals surface area contributed by atoms with Crippen LogP contribution >= 0.6 is 34.5 Å². The van der Waals surface area contributed by atoms with Gasteiger partial charge in [-0.3, -0.25) is 4.99 Å². The number of nitrogens with one attached hydrogen (secondary N) is 2. The van der Waals surface area contributed by atoms with Crippen LogP contribution in [-0.4, -0.2) is 18.0 Å². The Hall–Kier alpha value is -1.30. The molecule has 1 unspecified atom stereocenters. The maximum Gasteiger partial charge on any atom is 0.191 e. The molecule has 2 N–H and O–H groups in total. The van der Waals surface area contributed by atoms with E-state index in [-0.39, 0.29) is 6.04 Å². The van der Waals surface area contributed by atoms with Crippen molar-refractivity contribution in [2.24, 2.45) is 4.99 Å². The molecule has 23 heavy (non-hydrogen) atoms. The summed E-state index contributed by atoms with van der Waals surface area (Å²) >= 11 is 13.7. The number of nitrogens with zero attached hydrogens (tertiary/aromatic N) is 2. The Morgan fingerprint density at radius 3 is 2.61 bits per heavy atom. The van der Waals surface area contributed by atoms with E-state index in [0.717, 1.165) is 22.2 Å². The van der Waals surface area contributed by atoms with Crippen molar-refractivity contribution in [2.45, 2.75) is 33.4 Å². The third kappa shape index (κ3) is 4.83. The van der Waals surface area contributed by atoms with Gasteiger partial charge >= 0.3 is 0 Å². The number of hydrogen-bond acceptors (Lipinski definition) is 3. The zero-order valence-electron chi connectivity index (χ0n) is 13.6. The molecule has 0 amide bonds. The van der Waals surface area contributed by atoms with Crippen molar-refractivity contribution in [3.63, 3.8) is 0 Å². The van der Waals surface area contributed by atoms with Crippen LogP contribution in [0.1, 0.15) is 34.1 Å². The lowest BCUT2D eigenvalue weighted by atomic mass is 10.1. The second-order valence-corrected chi connectivity index (χ2v) is 7.31. The van der Waals surface area contributed by atoms with Crippen LogP contribution in [0.3, 0.4) is 0 Å². The highest BCUT2D eigenvalue weighted by molar-refractivity contribution is 7.11. The van der Waals surface area contributed by atoms with Crippen LogP contribution in [-0.2, 0) is 6.54 Å². The number of aliphatic imine (C=N–C) groups is 1. The Morgan fingerprint density at radius 2 is 2.04 bits per heavy atom. The maximum absolute atomic E-state index is 6.08. The summed E-state index contributed by atoms with van der Waals surface area (Å²) in [5.41, 5.74) is 2.11. The summed E-state index contributed by atoms with van der Waals surface area (Å²) in [6, 6.07) is 5.68. The van der Waals surface area contributed by atoms with Crippen molar-refractivity contribution in [3.8, 4) is 0 Å². The first kappa shape index (κ1) is 18.0. The lowest BCUT2D eigenvalue weighted by Crippen LogP contribution is -2.38. The molecule has 124 valence electrons. The SMILES string of the molecule is CN=C(NCc1sc(C)nc1C)NC(C)c1ccc(Cl)c(Cl)c1. The number of benzene rings is 1. The van der Waals surface area contributed by atoms with Crippen LogP contribution in [0.5, 0.6) is 0 Å². The van der Waals surface area contributed by atoms with Crippen LogP contribution in [0.25, 0.3) is 0 Å². The van der Waals surface area contributed by atoms with Gasteiger partial charge in [-0.25, -0.2) is 4.98 Å². The molecular formula is C16H20Cl2N4S. The largest absolute Gasteiger partial charge is 0.351 e. The molecule has 2 rings (SSSR count). The summed E-state index contributed by atoms with van der Waals surface area (Å²) in [5, 5.41) is 8.85. The fourth-order valence-electron chi connectivity index (χ4n) is 2.17. The molecule has 1 atom stereocenters. The Labute approximate surface area is 151 Å². The number of guanidine groups is 1. The molecule has 2 aromatic rings. The number of aromatic nitrogens is 1. The van der Waals surface area contributed by atoms with E-state index < -0.39 is 0 Å². The van der Waals surface area contributed by atoms with Crippen molar-refractivity contribution in [2.75, 3.05) is 7.05 Å². The van der Waals surface area contributed by atoms with Crippen molar-refractivity contribution in [1.29, 1.82) is 0 Å². The molecule has 0 radical (unpaired) electrons. The first-order chi connectivity index (χ1) is 10.9. The van der Waals surface area contributed by atoms with Crippen molar-refractivity contribution in [3.05, 3.63) is 49.4 Å². The van der Waals surface area contributed by atoms with E-state index in [2.05, 4.69) is 27.5 Å². The van der Waals surface area contributed by atoms with Crippen molar-refractivity contribution in [1.82, 2.24) is 15.6 Å². The van der Waals surface area contributed by atoms with E-state index >= 15 is 0 Å². The highest BCUT2D eigenvalue weighted by Gasteiger charge is 2.11. The number of hydrogen-bond donors (Lipinski definition) is 2. The zero-order valence-corrected chi connectivity index (χ0v) is 15.9. The average Bonchev–Trinajstić information content (AvgIpc) is 2.83. The molecule has 0 spiro atoms. The molecule has 0 aliphatic heterocycles. The van der Waals surface area contributed by atoms with Gasteiger partial charge in [-0.15, -0.1) is 11.3 Å². The quantitative estimate of drug-likeness (QED) is 0.615. The molecule has 0 saturated heterocycles. The number of rotatable bonds is 4. The lowest BCUT2D eigenvalue weighted by Gasteiger charge is -2.18. The van der Waals surface area contributed by atoms with Gasteiger partial charge in [0.1, 0.15) is 0 Å². The third-order valence-electron chi connectivity index (χ3n) is 3.44. The van der Waals surface area contributed by atoms with E-state index in [1.165, 1.54) is 4.88 Å². The second kappa shape index (κ2) is 7.99. The summed E-state index contributed by atoms with van der Waals surface area (Å²) in [6.07, 6.45) is 0. The molecule has 7 heteroatoms.